The number of amides is 1. The Bertz CT molecular complexity index is 799. The van der Waals surface area contributed by atoms with Gasteiger partial charge in [-0.15, -0.1) is 0 Å². The standard InChI is InChI=1S/C13H10N4O6/c18-10-6(8(12(20)21)14-16-10)4-2-1-3-5-7-9(13(22)23)15-17-11(7)19/h1-5H,(H,16,18)(H,20,21)(H,22,23)(H2,15,17,19)/b2-1?,5-3?,6-4-. The second-order valence-corrected chi connectivity index (χ2v) is 4.17. The average molecular weight is 318 g/mol. The van der Waals surface area contributed by atoms with Gasteiger partial charge in [0, 0.05) is 0 Å². The van der Waals surface area contributed by atoms with Crippen molar-refractivity contribution in [3.8, 4) is 5.88 Å². The molecule has 1 aliphatic rings. The number of carbonyl (C=O) groups is 3. The van der Waals surface area contributed by atoms with Gasteiger partial charge < -0.3 is 15.3 Å². The molecule has 10 nitrogen and oxygen atoms in total. The molecule has 0 spiro atoms. The van der Waals surface area contributed by atoms with Gasteiger partial charge in [-0.25, -0.2) is 20.1 Å². The number of hydrogen-bond acceptors (Lipinski definition) is 6. The number of aliphatic carboxylic acids is 1. The molecule has 0 fully saturated rings. The molecule has 0 radical (unpaired) electrons. The second kappa shape index (κ2) is 6.39. The number of hydrogen-bond donors (Lipinski definition) is 5. The molecule has 1 amide bonds. The summed E-state index contributed by atoms with van der Waals surface area (Å²) in [5.74, 6) is -3.69. The zero-order valence-corrected chi connectivity index (χ0v) is 11.3. The first-order valence-electron chi connectivity index (χ1n) is 6.09. The molecule has 0 aromatic carbocycles. The predicted octanol–water partition coefficient (Wildman–Crippen LogP) is -0.120. The van der Waals surface area contributed by atoms with Crippen LogP contribution in [-0.4, -0.2) is 49.1 Å². The minimum Gasteiger partial charge on any atom is -0.493 e. The maximum Gasteiger partial charge on any atom is 0.357 e. The van der Waals surface area contributed by atoms with Crippen molar-refractivity contribution >= 4 is 29.6 Å². The largest absolute Gasteiger partial charge is 0.493 e. The fourth-order valence-electron chi connectivity index (χ4n) is 1.68. The van der Waals surface area contributed by atoms with Crippen LogP contribution in [0.2, 0.25) is 0 Å². The molecule has 23 heavy (non-hydrogen) atoms. The van der Waals surface area contributed by atoms with Gasteiger partial charge in [0.05, 0.1) is 11.1 Å². The monoisotopic (exact) mass is 318 g/mol. The van der Waals surface area contributed by atoms with Crippen LogP contribution >= 0.6 is 0 Å². The molecule has 0 aliphatic carbocycles. The first-order valence-corrected chi connectivity index (χ1v) is 6.09. The van der Waals surface area contributed by atoms with Crippen LogP contribution in [0.25, 0.3) is 6.08 Å². The molecular weight excluding hydrogens is 308 g/mol. The number of carbonyl (C=O) groups excluding carboxylic acids is 1. The third kappa shape index (κ3) is 3.32. The van der Waals surface area contributed by atoms with E-state index < -0.39 is 29.4 Å². The van der Waals surface area contributed by atoms with Gasteiger partial charge in [-0.3, -0.25) is 4.79 Å². The Labute approximate surface area is 128 Å². The highest BCUT2D eigenvalue weighted by atomic mass is 16.4. The lowest BCUT2D eigenvalue weighted by atomic mass is 10.1. The Morgan fingerprint density at radius 3 is 2.48 bits per heavy atom. The Balaban J connectivity index is 2.14. The quantitative estimate of drug-likeness (QED) is 0.373. The molecule has 1 aromatic heterocycles. The summed E-state index contributed by atoms with van der Waals surface area (Å²) in [6, 6.07) is 0. The predicted molar refractivity (Wildman–Crippen MR) is 76.7 cm³/mol. The third-order valence-electron chi connectivity index (χ3n) is 2.71. The van der Waals surface area contributed by atoms with Crippen LogP contribution in [0.3, 0.4) is 0 Å². The number of rotatable bonds is 5. The van der Waals surface area contributed by atoms with Gasteiger partial charge >= 0.3 is 11.9 Å². The first kappa shape index (κ1) is 15.7. The smallest absolute Gasteiger partial charge is 0.357 e. The van der Waals surface area contributed by atoms with Crippen LogP contribution in [0, 0.1) is 0 Å². The molecule has 0 unspecified atom stereocenters. The molecule has 1 aliphatic heterocycles. The maximum absolute atomic E-state index is 11.4. The fourth-order valence-corrected chi connectivity index (χ4v) is 1.68. The lowest BCUT2D eigenvalue weighted by molar-refractivity contribution is -0.129. The van der Waals surface area contributed by atoms with Gasteiger partial charge in [0.15, 0.2) is 11.4 Å². The summed E-state index contributed by atoms with van der Waals surface area (Å²) in [6.45, 7) is 0. The van der Waals surface area contributed by atoms with Gasteiger partial charge in [-0.05, 0) is 12.2 Å². The molecular formula is C13H10N4O6. The molecule has 10 heteroatoms. The Kier molecular flexibility index (Phi) is 4.36. The summed E-state index contributed by atoms with van der Waals surface area (Å²) in [6.07, 6.45) is 6.70. The van der Waals surface area contributed by atoms with Crippen molar-refractivity contribution in [2.45, 2.75) is 0 Å². The number of carboxylic acid groups (broad SMARTS) is 2. The highest BCUT2D eigenvalue weighted by Crippen LogP contribution is 2.19. The minimum atomic E-state index is -1.34. The van der Waals surface area contributed by atoms with Crippen molar-refractivity contribution in [1.82, 2.24) is 15.6 Å². The fraction of sp³-hybridized carbons (Fsp3) is 0. The summed E-state index contributed by atoms with van der Waals surface area (Å²) in [7, 11) is 0. The normalized spacial score (nSPS) is 16.3. The third-order valence-corrected chi connectivity index (χ3v) is 2.71. The molecule has 0 saturated heterocycles. The number of aromatic amines is 1. The van der Waals surface area contributed by atoms with Gasteiger partial charge in [-0.1, -0.05) is 18.2 Å². The number of aromatic hydroxyl groups is 1. The SMILES string of the molecule is O=C(O)C1=NNC(=O)/C1=C\C=CC=Cc1c(C(=O)O)n[nH]c1O. The lowest BCUT2D eigenvalue weighted by Crippen LogP contribution is -2.17. The van der Waals surface area contributed by atoms with Crippen LogP contribution in [-0.2, 0) is 9.59 Å². The van der Waals surface area contributed by atoms with Gasteiger partial charge in [0.2, 0.25) is 5.88 Å². The summed E-state index contributed by atoms with van der Waals surface area (Å²) < 4.78 is 0. The van der Waals surface area contributed by atoms with E-state index in [1.165, 1.54) is 30.4 Å². The van der Waals surface area contributed by atoms with Crippen molar-refractivity contribution in [2.75, 3.05) is 0 Å². The zero-order valence-electron chi connectivity index (χ0n) is 11.3. The lowest BCUT2D eigenvalue weighted by Gasteiger charge is -1.92. The molecule has 118 valence electrons. The van der Waals surface area contributed by atoms with E-state index >= 15 is 0 Å². The van der Waals surface area contributed by atoms with Crippen LogP contribution in [0.1, 0.15) is 16.1 Å². The Hall–Kier alpha value is -3.69. The summed E-state index contributed by atoms with van der Waals surface area (Å²) >= 11 is 0. The molecule has 0 bridgehead atoms. The topological polar surface area (TPSA) is 165 Å². The molecule has 2 rings (SSSR count). The number of hydrazone groups is 1. The Morgan fingerprint density at radius 1 is 1.09 bits per heavy atom. The molecule has 0 atom stereocenters. The summed E-state index contributed by atoms with van der Waals surface area (Å²) in [4.78, 5) is 33.1. The van der Waals surface area contributed by atoms with Gasteiger partial charge in [-0.2, -0.15) is 10.2 Å². The highest BCUT2D eigenvalue weighted by molar-refractivity contribution is 6.50. The number of allylic oxidation sites excluding steroid dienone is 4. The van der Waals surface area contributed by atoms with E-state index in [1.54, 1.807) is 0 Å². The van der Waals surface area contributed by atoms with Gasteiger partial charge in [0.1, 0.15) is 0 Å². The van der Waals surface area contributed by atoms with Crippen LogP contribution in [0.5, 0.6) is 5.88 Å². The zero-order chi connectivity index (χ0) is 17.0. The van der Waals surface area contributed by atoms with Crippen LogP contribution in [0.4, 0.5) is 0 Å². The molecule has 1 aromatic rings. The number of aromatic carboxylic acids is 1. The van der Waals surface area contributed by atoms with E-state index in [1.807, 2.05) is 5.43 Å². The minimum absolute atomic E-state index is 0.0128. The highest BCUT2D eigenvalue weighted by Gasteiger charge is 2.27. The van der Waals surface area contributed by atoms with Crippen molar-refractivity contribution in [3.63, 3.8) is 0 Å². The van der Waals surface area contributed by atoms with E-state index in [9.17, 15) is 19.5 Å². The van der Waals surface area contributed by atoms with E-state index in [2.05, 4.69) is 15.3 Å². The van der Waals surface area contributed by atoms with E-state index in [-0.39, 0.29) is 16.8 Å². The number of H-pyrrole nitrogens is 1. The van der Waals surface area contributed by atoms with E-state index in [0.29, 0.717) is 0 Å². The number of carboxylic acids is 2. The van der Waals surface area contributed by atoms with Crippen molar-refractivity contribution in [3.05, 3.63) is 41.1 Å². The van der Waals surface area contributed by atoms with Crippen LogP contribution < -0.4 is 5.43 Å². The average Bonchev–Trinajstić information content (AvgIpc) is 3.03. The molecule has 0 saturated carbocycles. The van der Waals surface area contributed by atoms with E-state index in [4.69, 9.17) is 10.2 Å². The van der Waals surface area contributed by atoms with Gasteiger partial charge in [0.25, 0.3) is 5.91 Å². The number of aromatic nitrogens is 2. The maximum atomic E-state index is 11.4. The first-order chi connectivity index (χ1) is 10.9. The van der Waals surface area contributed by atoms with Crippen LogP contribution in [0.15, 0.2) is 35.0 Å². The molecule has 5 N–H and O–H groups in total. The van der Waals surface area contributed by atoms with Crippen molar-refractivity contribution < 1.29 is 29.7 Å². The second-order valence-electron chi connectivity index (χ2n) is 4.17. The van der Waals surface area contributed by atoms with Crippen molar-refractivity contribution in [2.24, 2.45) is 5.10 Å². The molecule has 2 heterocycles. The number of nitrogens with one attached hydrogen (secondary N) is 2. The van der Waals surface area contributed by atoms with E-state index in [0.717, 1.165) is 0 Å². The number of nitrogens with zero attached hydrogens (tertiary/aromatic N) is 2. The summed E-state index contributed by atoms with van der Waals surface area (Å²) in [5, 5.41) is 36.1. The van der Waals surface area contributed by atoms with Crippen molar-refractivity contribution in [1.29, 1.82) is 0 Å². The Morgan fingerprint density at radius 2 is 1.83 bits per heavy atom. The summed E-state index contributed by atoms with van der Waals surface area (Å²) in [5.41, 5.74) is 1.16.